The zero-order valence-corrected chi connectivity index (χ0v) is 11.0. The van der Waals surface area contributed by atoms with E-state index in [2.05, 4.69) is 29.5 Å². The molecule has 2 rings (SSSR count). The average Bonchev–Trinajstić information content (AvgIpc) is 2.35. The average molecular weight is 239 g/mol. The summed E-state index contributed by atoms with van der Waals surface area (Å²) in [6.07, 6.45) is 5.53. The van der Waals surface area contributed by atoms with E-state index in [9.17, 15) is 4.79 Å². The Balaban J connectivity index is 1.78. The number of amides is 1. The van der Waals surface area contributed by atoms with Gasteiger partial charge in [0.25, 0.3) is 0 Å². The van der Waals surface area contributed by atoms with E-state index in [1.807, 2.05) is 0 Å². The van der Waals surface area contributed by atoms with E-state index in [0.717, 1.165) is 32.4 Å². The van der Waals surface area contributed by atoms with Crippen LogP contribution in [0.1, 0.15) is 39.0 Å². The SMILES string of the molecule is CC1CC(NC(=O)[C@@H]2CCCCN2)CCN1C. The molecule has 2 N–H and O–H groups in total. The third-order valence-corrected chi connectivity index (χ3v) is 4.18. The van der Waals surface area contributed by atoms with Gasteiger partial charge in [0.05, 0.1) is 6.04 Å². The van der Waals surface area contributed by atoms with Crippen LogP contribution in [0.2, 0.25) is 0 Å². The zero-order valence-electron chi connectivity index (χ0n) is 11.0. The van der Waals surface area contributed by atoms with Gasteiger partial charge in [0.2, 0.25) is 5.91 Å². The van der Waals surface area contributed by atoms with E-state index in [1.54, 1.807) is 0 Å². The highest BCUT2D eigenvalue weighted by Crippen LogP contribution is 2.16. The molecular weight excluding hydrogens is 214 g/mol. The summed E-state index contributed by atoms with van der Waals surface area (Å²) in [5.41, 5.74) is 0. The Bertz CT molecular complexity index is 263. The summed E-state index contributed by atoms with van der Waals surface area (Å²) in [4.78, 5) is 14.4. The van der Waals surface area contributed by atoms with Gasteiger partial charge in [-0.05, 0) is 46.2 Å². The molecule has 0 radical (unpaired) electrons. The molecule has 0 aromatic rings. The minimum Gasteiger partial charge on any atom is -0.352 e. The molecule has 2 unspecified atom stereocenters. The lowest BCUT2D eigenvalue weighted by molar-refractivity contribution is -0.124. The molecule has 0 bridgehead atoms. The van der Waals surface area contributed by atoms with Crippen LogP contribution in [0.15, 0.2) is 0 Å². The van der Waals surface area contributed by atoms with Gasteiger partial charge in [0, 0.05) is 18.6 Å². The first-order valence-corrected chi connectivity index (χ1v) is 6.91. The first-order valence-electron chi connectivity index (χ1n) is 6.91. The second kappa shape index (κ2) is 5.83. The van der Waals surface area contributed by atoms with Crippen molar-refractivity contribution in [2.75, 3.05) is 20.1 Å². The smallest absolute Gasteiger partial charge is 0.237 e. The van der Waals surface area contributed by atoms with Crippen LogP contribution >= 0.6 is 0 Å². The van der Waals surface area contributed by atoms with Gasteiger partial charge >= 0.3 is 0 Å². The number of hydrogen-bond donors (Lipinski definition) is 2. The maximum absolute atomic E-state index is 12.1. The molecule has 0 aromatic carbocycles. The van der Waals surface area contributed by atoms with E-state index >= 15 is 0 Å². The van der Waals surface area contributed by atoms with Crippen LogP contribution in [0, 0.1) is 0 Å². The number of carbonyl (C=O) groups excluding carboxylic acids is 1. The van der Waals surface area contributed by atoms with Crippen molar-refractivity contribution in [3.8, 4) is 0 Å². The second-order valence-electron chi connectivity index (χ2n) is 5.56. The molecule has 2 aliphatic heterocycles. The maximum Gasteiger partial charge on any atom is 0.237 e. The van der Waals surface area contributed by atoms with E-state index in [-0.39, 0.29) is 11.9 Å². The van der Waals surface area contributed by atoms with Gasteiger partial charge in [-0.3, -0.25) is 4.79 Å². The Morgan fingerprint density at radius 2 is 2.18 bits per heavy atom. The maximum atomic E-state index is 12.1. The van der Waals surface area contributed by atoms with Gasteiger partial charge in [-0.25, -0.2) is 0 Å². The fourth-order valence-electron chi connectivity index (χ4n) is 2.80. The van der Waals surface area contributed by atoms with Gasteiger partial charge in [0.1, 0.15) is 0 Å². The molecule has 4 nitrogen and oxygen atoms in total. The molecule has 0 spiro atoms. The van der Waals surface area contributed by atoms with Crippen LogP contribution < -0.4 is 10.6 Å². The predicted molar refractivity (Wildman–Crippen MR) is 68.9 cm³/mol. The number of piperidine rings is 2. The predicted octanol–water partition coefficient (Wildman–Crippen LogP) is 0.727. The Hall–Kier alpha value is -0.610. The lowest BCUT2D eigenvalue weighted by Crippen LogP contribution is -2.53. The largest absolute Gasteiger partial charge is 0.352 e. The molecule has 3 atom stereocenters. The van der Waals surface area contributed by atoms with Crippen molar-refractivity contribution < 1.29 is 4.79 Å². The summed E-state index contributed by atoms with van der Waals surface area (Å²) in [5, 5.41) is 6.52. The molecule has 0 aliphatic carbocycles. The van der Waals surface area contributed by atoms with Gasteiger partial charge in [-0.1, -0.05) is 6.42 Å². The van der Waals surface area contributed by atoms with Crippen LogP contribution in [0.4, 0.5) is 0 Å². The zero-order chi connectivity index (χ0) is 12.3. The summed E-state index contributed by atoms with van der Waals surface area (Å²) >= 11 is 0. The fraction of sp³-hybridized carbons (Fsp3) is 0.923. The third-order valence-electron chi connectivity index (χ3n) is 4.18. The molecule has 0 saturated carbocycles. The van der Waals surface area contributed by atoms with Crippen LogP contribution in [0.25, 0.3) is 0 Å². The topological polar surface area (TPSA) is 44.4 Å². The van der Waals surface area contributed by atoms with Crippen molar-refractivity contribution >= 4 is 5.91 Å². The molecule has 98 valence electrons. The fourth-order valence-corrected chi connectivity index (χ4v) is 2.80. The summed E-state index contributed by atoms with van der Waals surface area (Å²) < 4.78 is 0. The molecule has 2 saturated heterocycles. The van der Waals surface area contributed by atoms with Crippen LogP contribution in [0.3, 0.4) is 0 Å². The van der Waals surface area contributed by atoms with Crippen molar-refractivity contribution in [1.82, 2.24) is 15.5 Å². The summed E-state index contributed by atoms with van der Waals surface area (Å²) in [5.74, 6) is 0.214. The Labute approximate surface area is 104 Å². The summed E-state index contributed by atoms with van der Waals surface area (Å²) in [7, 11) is 2.16. The number of likely N-dealkylation sites (tertiary alicyclic amines) is 1. The molecule has 17 heavy (non-hydrogen) atoms. The normalized spacial score (nSPS) is 35.5. The van der Waals surface area contributed by atoms with Gasteiger partial charge in [-0.15, -0.1) is 0 Å². The number of nitrogens with zero attached hydrogens (tertiary/aromatic N) is 1. The highest BCUT2D eigenvalue weighted by atomic mass is 16.2. The summed E-state index contributed by atoms with van der Waals surface area (Å²) in [6, 6.07) is 1.00. The lowest BCUT2D eigenvalue weighted by atomic mass is 9.97. The molecular formula is C13H25N3O. The Kier molecular flexibility index (Phi) is 4.40. The van der Waals surface area contributed by atoms with E-state index < -0.39 is 0 Å². The van der Waals surface area contributed by atoms with Crippen molar-refractivity contribution in [2.24, 2.45) is 0 Å². The van der Waals surface area contributed by atoms with Crippen molar-refractivity contribution in [3.05, 3.63) is 0 Å². The molecule has 1 amide bonds. The summed E-state index contributed by atoms with van der Waals surface area (Å²) in [6.45, 7) is 4.31. The standard InChI is InChI=1S/C13H25N3O/c1-10-9-11(6-8-16(10)2)15-13(17)12-5-3-4-7-14-12/h10-12,14H,3-9H2,1-2H3,(H,15,17)/t10?,11?,12-/m0/s1. The van der Waals surface area contributed by atoms with Gasteiger partial charge in [0.15, 0.2) is 0 Å². The first-order chi connectivity index (χ1) is 8.16. The Morgan fingerprint density at radius 1 is 1.35 bits per heavy atom. The highest BCUT2D eigenvalue weighted by molar-refractivity contribution is 5.82. The molecule has 4 heteroatoms. The molecule has 2 aliphatic rings. The van der Waals surface area contributed by atoms with Crippen LogP contribution in [-0.2, 0) is 4.79 Å². The molecule has 2 heterocycles. The molecule has 2 fully saturated rings. The first kappa shape index (κ1) is 12.8. The minimum atomic E-state index is 0.0544. The number of carbonyl (C=O) groups is 1. The van der Waals surface area contributed by atoms with Gasteiger partial charge < -0.3 is 15.5 Å². The highest BCUT2D eigenvalue weighted by Gasteiger charge is 2.27. The van der Waals surface area contributed by atoms with Crippen LogP contribution in [-0.4, -0.2) is 49.1 Å². The molecule has 0 aromatic heterocycles. The van der Waals surface area contributed by atoms with E-state index in [1.165, 1.54) is 12.8 Å². The van der Waals surface area contributed by atoms with Gasteiger partial charge in [-0.2, -0.15) is 0 Å². The Morgan fingerprint density at radius 3 is 2.82 bits per heavy atom. The number of rotatable bonds is 2. The second-order valence-corrected chi connectivity index (χ2v) is 5.56. The van der Waals surface area contributed by atoms with Crippen molar-refractivity contribution in [3.63, 3.8) is 0 Å². The lowest BCUT2D eigenvalue weighted by Gasteiger charge is -2.36. The quantitative estimate of drug-likeness (QED) is 0.746. The monoisotopic (exact) mass is 239 g/mol. The van der Waals surface area contributed by atoms with E-state index in [4.69, 9.17) is 0 Å². The third kappa shape index (κ3) is 3.42. The van der Waals surface area contributed by atoms with E-state index in [0.29, 0.717) is 12.1 Å². The number of nitrogens with one attached hydrogen (secondary N) is 2. The van der Waals surface area contributed by atoms with Crippen molar-refractivity contribution in [2.45, 2.75) is 57.2 Å². The number of hydrogen-bond acceptors (Lipinski definition) is 3. The van der Waals surface area contributed by atoms with Crippen LogP contribution in [0.5, 0.6) is 0 Å². The van der Waals surface area contributed by atoms with Crippen molar-refractivity contribution in [1.29, 1.82) is 0 Å². The minimum absolute atomic E-state index is 0.0544.